The van der Waals surface area contributed by atoms with Crippen LogP contribution < -0.4 is 0 Å². The summed E-state index contributed by atoms with van der Waals surface area (Å²) in [5, 5.41) is 10.6. The largest absolute Gasteiger partial charge is 0.388 e. The van der Waals surface area contributed by atoms with E-state index in [9.17, 15) is 5.11 Å². The molecule has 1 rings (SSSR count). The van der Waals surface area contributed by atoms with Crippen LogP contribution in [0.3, 0.4) is 0 Å². The minimum Gasteiger partial charge on any atom is -0.388 e. The van der Waals surface area contributed by atoms with Crippen molar-refractivity contribution >= 4 is 27.5 Å². The van der Waals surface area contributed by atoms with Crippen LogP contribution in [0.2, 0.25) is 5.02 Å². The predicted molar refractivity (Wildman–Crippen MR) is 68.2 cm³/mol. The second-order valence-corrected chi connectivity index (χ2v) is 5.44. The molecule has 1 aromatic rings. The molecule has 0 amide bonds. The van der Waals surface area contributed by atoms with Crippen LogP contribution in [-0.4, -0.2) is 5.11 Å². The third-order valence-corrected chi connectivity index (χ3v) is 3.29. The highest BCUT2D eigenvalue weighted by Crippen LogP contribution is 2.29. The van der Waals surface area contributed by atoms with Gasteiger partial charge in [-0.1, -0.05) is 41.4 Å². The van der Waals surface area contributed by atoms with Gasteiger partial charge < -0.3 is 5.11 Å². The topological polar surface area (TPSA) is 20.2 Å². The quantitative estimate of drug-likeness (QED) is 0.861. The highest BCUT2D eigenvalue weighted by Gasteiger charge is 2.12. The van der Waals surface area contributed by atoms with Gasteiger partial charge in [0.05, 0.1) is 6.10 Å². The fourth-order valence-corrected chi connectivity index (χ4v) is 2.11. The number of aliphatic hydroxyl groups excluding tert-OH is 1. The molecule has 0 fully saturated rings. The molecular weight excluding hydrogens is 275 g/mol. The lowest BCUT2D eigenvalue weighted by Crippen LogP contribution is -2.00. The van der Waals surface area contributed by atoms with E-state index in [1.165, 1.54) is 0 Å². The Labute approximate surface area is 105 Å². The van der Waals surface area contributed by atoms with Crippen molar-refractivity contribution in [2.75, 3.05) is 0 Å². The normalized spacial score (nSPS) is 13.2. The van der Waals surface area contributed by atoms with Crippen molar-refractivity contribution in [3.05, 3.63) is 33.3 Å². The van der Waals surface area contributed by atoms with Crippen molar-refractivity contribution in [1.29, 1.82) is 0 Å². The van der Waals surface area contributed by atoms with E-state index in [1.54, 1.807) is 0 Å². The Morgan fingerprint density at radius 1 is 1.33 bits per heavy atom. The van der Waals surface area contributed by atoms with Crippen molar-refractivity contribution in [3.8, 4) is 0 Å². The number of hydrogen-bond donors (Lipinski definition) is 1. The molecule has 0 bridgehead atoms. The zero-order valence-electron chi connectivity index (χ0n) is 9.00. The summed E-state index contributed by atoms with van der Waals surface area (Å²) in [6.45, 7) is 4.31. The predicted octanol–water partition coefficient (Wildman–Crippen LogP) is 4.57. The van der Waals surface area contributed by atoms with Gasteiger partial charge in [-0.2, -0.15) is 0 Å². The Hall–Kier alpha value is -0.0500. The van der Waals surface area contributed by atoms with Gasteiger partial charge in [-0.05, 0) is 42.5 Å². The Kier molecular flexibility index (Phi) is 5.10. The summed E-state index contributed by atoms with van der Waals surface area (Å²) in [4.78, 5) is 0. The van der Waals surface area contributed by atoms with Crippen LogP contribution in [-0.2, 0) is 0 Å². The number of aliphatic hydroxyl groups is 1. The van der Waals surface area contributed by atoms with Gasteiger partial charge in [0, 0.05) is 9.50 Å². The second-order valence-electron chi connectivity index (χ2n) is 4.15. The van der Waals surface area contributed by atoms with E-state index in [0.29, 0.717) is 10.9 Å². The van der Waals surface area contributed by atoms with Crippen molar-refractivity contribution in [2.45, 2.75) is 32.8 Å². The summed E-state index contributed by atoms with van der Waals surface area (Å²) in [6.07, 6.45) is 1.36. The Morgan fingerprint density at radius 3 is 2.60 bits per heavy atom. The Balaban J connectivity index is 2.72. The summed E-state index contributed by atoms with van der Waals surface area (Å²) in [6, 6.07) is 5.50. The maximum absolute atomic E-state index is 9.99. The Bertz CT molecular complexity index is 325. The first kappa shape index (κ1) is 13.0. The molecule has 0 saturated heterocycles. The third kappa shape index (κ3) is 4.13. The molecule has 0 spiro atoms. The first-order valence-corrected chi connectivity index (χ1v) is 6.31. The molecule has 0 aromatic heterocycles. The van der Waals surface area contributed by atoms with Gasteiger partial charge in [0.2, 0.25) is 0 Å². The zero-order valence-corrected chi connectivity index (χ0v) is 11.3. The standard InChI is InChI=1S/C12H16BrClO/c1-8(2)3-6-12(15)10-7-9(14)4-5-11(10)13/h4-5,7-8,12,15H,3,6H2,1-2H3. The maximum atomic E-state index is 9.99. The van der Waals surface area contributed by atoms with Gasteiger partial charge in [-0.3, -0.25) is 0 Å². The summed E-state index contributed by atoms with van der Waals surface area (Å²) in [5.41, 5.74) is 0.878. The molecule has 0 heterocycles. The summed E-state index contributed by atoms with van der Waals surface area (Å²) in [7, 11) is 0. The van der Waals surface area contributed by atoms with Crippen molar-refractivity contribution in [3.63, 3.8) is 0 Å². The van der Waals surface area contributed by atoms with Crippen LogP contribution in [0.15, 0.2) is 22.7 Å². The summed E-state index contributed by atoms with van der Waals surface area (Å²) >= 11 is 9.31. The first-order chi connectivity index (χ1) is 7.00. The van der Waals surface area contributed by atoms with Crippen LogP contribution in [0.25, 0.3) is 0 Å². The van der Waals surface area contributed by atoms with E-state index in [-0.39, 0.29) is 0 Å². The van der Waals surface area contributed by atoms with Crippen LogP contribution in [0.1, 0.15) is 38.4 Å². The lowest BCUT2D eigenvalue weighted by atomic mass is 10.00. The number of rotatable bonds is 4. The van der Waals surface area contributed by atoms with E-state index in [0.717, 1.165) is 22.9 Å². The van der Waals surface area contributed by atoms with E-state index in [4.69, 9.17) is 11.6 Å². The number of halogens is 2. The molecule has 0 aliphatic rings. The lowest BCUT2D eigenvalue weighted by molar-refractivity contribution is 0.158. The van der Waals surface area contributed by atoms with Crippen LogP contribution in [0.5, 0.6) is 0 Å². The van der Waals surface area contributed by atoms with Crippen LogP contribution >= 0.6 is 27.5 Å². The van der Waals surface area contributed by atoms with Crippen molar-refractivity contribution < 1.29 is 5.11 Å². The molecule has 1 atom stereocenters. The van der Waals surface area contributed by atoms with Crippen LogP contribution in [0, 0.1) is 5.92 Å². The van der Waals surface area contributed by atoms with E-state index < -0.39 is 6.10 Å². The van der Waals surface area contributed by atoms with Gasteiger partial charge >= 0.3 is 0 Å². The molecule has 0 aliphatic heterocycles. The molecule has 1 unspecified atom stereocenters. The highest BCUT2D eigenvalue weighted by atomic mass is 79.9. The van der Waals surface area contributed by atoms with Crippen molar-refractivity contribution in [2.24, 2.45) is 5.92 Å². The highest BCUT2D eigenvalue weighted by molar-refractivity contribution is 9.10. The molecule has 1 nitrogen and oxygen atoms in total. The first-order valence-electron chi connectivity index (χ1n) is 5.13. The average Bonchev–Trinajstić information content (AvgIpc) is 2.18. The smallest absolute Gasteiger partial charge is 0.0801 e. The van der Waals surface area contributed by atoms with E-state index in [1.807, 2.05) is 18.2 Å². The molecule has 15 heavy (non-hydrogen) atoms. The van der Waals surface area contributed by atoms with Gasteiger partial charge in [-0.25, -0.2) is 0 Å². The molecule has 1 aromatic carbocycles. The maximum Gasteiger partial charge on any atom is 0.0801 e. The van der Waals surface area contributed by atoms with E-state index in [2.05, 4.69) is 29.8 Å². The third-order valence-electron chi connectivity index (χ3n) is 2.33. The molecule has 0 aliphatic carbocycles. The fourth-order valence-electron chi connectivity index (χ4n) is 1.42. The molecule has 3 heteroatoms. The minimum atomic E-state index is -0.430. The van der Waals surface area contributed by atoms with Crippen molar-refractivity contribution in [1.82, 2.24) is 0 Å². The minimum absolute atomic E-state index is 0.430. The van der Waals surface area contributed by atoms with Gasteiger partial charge in [0.25, 0.3) is 0 Å². The van der Waals surface area contributed by atoms with Gasteiger partial charge in [-0.15, -0.1) is 0 Å². The van der Waals surface area contributed by atoms with Gasteiger partial charge in [0.15, 0.2) is 0 Å². The zero-order chi connectivity index (χ0) is 11.4. The van der Waals surface area contributed by atoms with Gasteiger partial charge in [0.1, 0.15) is 0 Å². The van der Waals surface area contributed by atoms with E-state index >= 15 is 0 Å². The Morgan fingerprint density at radius 2 is 2.00 bits per heavy atom. The summed E-state index contributed by atoms with van der Waals surface area (Å²) < 4.78 is 0.920. The lowest BCUT2D eigenvalue weighted by Gasteiger charge is -2.14. The SMILES string of the molecule is CC(C)CCC(O)c1cc(Cl)ccc1Br. The fraction of sp³-hybridized carbons (Fsp3) is 0.500. The summed E-state index contributed by atoms with van der Waals surface area (Å²) in [5.74, 6) is 0.609. The molecular formula is C12H16BrClO. The molecule has 84 valence electrons. The second kappa shape index (κ2) is 5.88. The molecule has 1 N–H and O–H groups in total. The number of hydrogen-bond acceptors (Lipinski definition) is 1. The molecule has 0 saturated carbocycles. The molecule has 0 radical (unpaired) electrons. The monoisotopic (exact) mass is 290 g/mol. The van der Waals surface area contributed by atoms with Crippen LogP contribution in [0.4, 0.5) is 0 Å². The number of benzene rings is 1. The average molecular weight is 292 g/mol.